The van der Waals surface area contributed by atoms with Crippen molar-refractivity contribution in [2.24, 2.45) is 0 Å². The highest BCUT2D eigenvalue weighted by atomic mass is 32.2. The van der Waals surface area contributed by atoms with Crippen LogP contribution in [0, 0.1) is 20.8 Å². The number of aromatic nitrogens is 2. The molecule has 0 bridgehead atoms. The lowest BCUT2D eigenvalue weighted by Gasteiger charge is -2.19. The van der Waals surface area contributed by atoms with E-state index >= 15 is 0 Å². The van der Waals surface area contributed by atoms with E-state index in [0.717, 1.165) is 28.1 Å². The maximum absolute atomic E-state index is 12.7. The summed E-state index contributed by atoms with van der Waals surface area (Å²) in [7, 11) is -3.68. The molecular weight excluding hydrogens is 438 g/mol. The van der Waals surface area contributed by atoms with Gasteiger partial charge in [0.25, 0.3) is 10.0 Å². The molecule has 7 nitrogen and oxygen atoms in total. The molecule has 0 unspecified atom stereocenters. The fraction of sp³-hybridized carbons (Fsp3) is 0.360. The summed E-state index contributed by atoms with van der Waals surface area (Å²) in [5.74, 6) is -0.291. The van der Waals surface area contributed by atoms with Gasteiger partial charge in [0, 0.05) is 16.9 Å². The van der Waals surface area contributed by atoms with Gasteiger partial charge in [-0.15, -0.1) is 0 Å². The molecule has 0 amide bonds. The maximum atomic E-state index is 12.7. The lowest BCUT2D eigenvalue weighted by molar-refractivity contribution is -0.153. The Bertz CT molecular complexity index is 1250. The lowest BCUT2D eigenvalue weighted by Crippen LogP contribution is -2.25. The number of rotatable bonds is 7. The molecule has 2 aromatic carbocycles. The Balaban J connectivity index is 1.77. The fourth-order valence-corrected chi connectivity index (χ4v) is 4.55. The minimum Gasteiger partial charge on any atom is -0.460 e. The van der Waals surface area contributed by atoms with Crippen LogP contribution in [0.1, 0.15) is 48.8 Å². The Morgan fingerprint density at radius 3 is 2.36 bits per heavy atom. The van der Waals surface area contributed by atoms with Crippen molar-refractivity contribution in [3.8, 4) is 0 Å². The normalized spacial score (nSPS) is 11.9. The molecule has 33 heavy (non-hydrogen) atoms. The lowest BCUT2D eigenvalue weighted by atomic mass is 10.1. The number of nitrogens with one attached hydrogen (secondary N) is 1. The summed E-state index contributed by atoms with van der Waals surface area (Å²) in [6.07, 6.45) is 0.158. The molecule has 3 rings (SSSR count). The van der Waals surface area contributed by atoms with Crippen LogP contribution >= 0.6 is 0 Å². The van der Waals surface area contributed by atoms with Gasteiger partial charge >= 0.3 is 5.97 Å². The molecule has 0 saturated heterocycles. The molecule has 8 heteroatoms. The fourth-order valence-electron chi connectivity index (χ4n) is 3.50. The van der Waals surface area contributed by atoms with E-state index in [9.17, 15) is 13.2 Å². The number of ether oxygens (including phenoxy) is 1. The number of anilines is 1. The molecule has 1 heterocycles. The molecule has 0 aliphatic rings. The van der Waals surface area contributed by atoms with Gasteiger partial charge in [0.2, 0.25) is 0 Å². The van der Waals surface area contributed by atoms with Gasteiger partial charge in [-0.3, -0.25) is 14.2 Å². The average molecular weight is 470 g/mol. The third-order valence-corrected chi connectivity index (χ3v) is 6.51. The summed E-state index contributed by atoms with van der Waals surface area (Å²) in [4.78, 5) is 12.5. The first-order valence-electron chi connectivity index (χ1n) is 10.8. The number of esters is 1. The molecule has 0 radical (unpaired) electrons. The zero-order valence-electron chi connectivity index (χ0n) is 20.0. The van der Waals surface area contributed by atoms with Crippen LogP contribution in [-0.2, 0) is 32.5 Å². The van der Waals surface area contributed by atoms with Crippen LogP contribution in [0.15, 0.2) is 53.4 Å². The number of carbonyl (C=O) groups is 1. The van der Waals surface area contributed by atoms with Crippen LogP contribution in [0.5, 0.6) is 0 Å². The molecule has 0 saturated carbocycles. The van der Waals surface area contributed by atoms with Crippen LogP contribution < -0.4 is 4.72 Å². The van der Waals surface area contributed by atoms with Crippen LogP contribution in [0.25, 0.3) is 0 Å². The topological polar surface area (TPSA) is 90.3 Å². The van der Waals surface area contributed by atoms with Gasteiger partial charge in [-0.05, 0) is 71.4 Å². The summed E-state index contributed by atoms with van der Waals surface area (Å²) in [5, 5.41) is 4.59. The van der Waals surface area contributed by atoms with E-state index in [0.29, 0.717) is 12.2 Å². The van der Waals surface area contributed by atoms with Crippen molar-refractivity contribution in [1.82, 2.24) is 9.78 Å². The molecule has 0 spiro atoms. The molecule has 0 aliphatic heterocycles. The second-order valence-corrected chi connectivity index (χ2v) is 10.9. The monoisotopic (exact) mass is 469 g/mol. The molecule has 0 atom stereocenters. The highest BCUT2D eigenvalue weighted by Crippen LogP contribution is 2.21. The van der Waals surface area contributed by atoms with Crippen molar-refractivity contribution in [3.63, 3.8) is 0 Å². The molecule has 3 aromatic rings. The summed E-state index contributed by atoms with van der Waals surface area (Å²) in [6, 6.07) is 13.9. The van der Waals surface area contributed by atoms with Crippen molar-refractivity contribution < 1.29 is 17.9 Å². The SMILES string of the molecule is Cc1ccc(S(=O)(=O)Nc2cccc(Cn3nc(C)c(CC(=O)OC(C)(C)C)c3C)c2)cc1. The number of hydrogen-bond donors (Lipinski definition) is 1. The minimum atomic E-state index is -3.68. The Kier molecular flexibility index (Phi) is 6.97. The Hall–Kier alpha value is -3.13. The van der Waals surface area contributed by atoms with E-state index in [2.05, 4.69) is 9.82 Å². The molecule has 0 aliphatic carbocycles. The van der Waals surface area contributed by atoms with Gasteiger partial charge in [0.1, 0.15) is 5.60 Å². The van der Waals surface area contributed by atoms with Gasteiger partial charge in [0.15, 0.2) is 0 Å². The second kappa shape index (κ2) is 9.39. The van der Waals surface area contributed by atoms with Crippen molar-refractivity contribution in [1.29, 1.82) is 0 Å². The van der Waals surface area contributed by atoms with Crippen LogP contribution in [-0.4, -0.2) is 29.8 Å². The van der Waals surface area contributed by atoms with Crippen molar-refractivity contribution in [2.45, 2.75) is 65.0 Å². The van der Waals surface area contributed by atoms with E-state index in [1.54, 1.807) is 42.5 Å². The average Bonchev–Trinajstić information content (AvgIpc) is 2.94. The minimum absolute atomic E-state index is 0.158. The number of nitrogens with zero attached hydrogens (tertiary/aromatic N) is 2. The Morgan fingerprint density at radius 2 is 1.73 bits per heavy atom. The zero-order chi connectivity index (χ0) is 24.4. The van der Waals surface area contributed by atoms with Crippen LogP contribution in [0.3, 0.4) is 0 Å². The summed E-state index contributed by atoms with van der Waals surface area (Å²) < 4.78 is 35.3. The zero-order valence-corrected chi connectivity index (χ0v) is 20.8. The first-order valence-corrected chi connectivity index (χ1v) is 12.3. The number of benzene rings is 2. The van der Waals surface area contributed by atoms with Gasteiger partial charge in [-0.25, -0.2) is 8.42 Å². The van der Waals surface area contributed by atoms with Crippen LogP contribution in [0.2, 0.25) is 0 Å². The van der Waals surface area contributed by atoms with Crippen molar-refractivity contribution >= 4 is 21.7 Å². The van der Waals surface area contributed by atoms with Gasteiger partial charge in [0.05, 0.1) is 23.6 Å². The second-order valence-electron chi connectivity index (χ2n) is 9.19. The van der Waals surface area contributed by atoms with E-state index in [1.165, 1.54) is 0 Å². The molecular formula is C25H31N3O4S. The van der Waals surface area contributed by atoms with E-state index < -0.39 is 15.6 Å². The molecule has 0 fully saturated rings. The van der Waals surface area contributed by atoms with Gasteiger partial charge in [-0.1, -0.05) is 29.8 Å². The summed E-state index contributed by atoms with van der Waals surface area (Å²) >= 11 is 0. The largest absolute Gasteiger partial charge is 0.460 e. The predicted octanol–water partition coefficient (Wildman–Crippen LogP) is 4.54. The maximum Gasteiger partial charge on any atom is 0.310 e. The van der Waals surface area contributed by atoms with E-state index in [1.807, 2.05) is 52.3 Å². The molecule has 1 N–H and O–H groups in total. The third-order valence-electron chi connectivity index (χ3n) is 5.12. The Morgan fingerprint density at radius 1 is 1.06 bits per heavy atom. The number of aryl methyl sites for hydroxylation is 2. The number of sulfonamides is 1. The first kappa shape index (κ1) is 24.5. The highest BCUT2D eigenvalue weighted by Gasteiger charge is 2.21. The predicted molar refractivity (Wildman–Crippen MR) is 129 cm³/mol. The summed E-state index contributed by atoms with van der Waals surface area (Å²) in [5.41, 5.74) is 4.31. The van der Waals surface area contributed by atoms with Gasteiger partial charge < -0.3 is 4.74 Å². The van der Waals surface area contributed by atoms with Crippen molar-refractivity contribution in [2.75, 3.05) is 4.72 Å². The smallest absolute Gasteiger partial charge is 0.310 e. The number of carbonyl (C=O) groups excluding carboxylic acids is 1. The number of hydrogen-bond acceptors (Lipinski definition) is 5. The van der Waals surface area contributed by atoms with Gasteiger partial charge in [-0.2, -0.15) is 5.10 Å². The van der Waals surface area contributed by atoms with E-state index in [4.69, 9.17) is 4.74 Å². The van der Waals surface area contributed by atoms with Crippen molar-refractivity contribution in [3.05, 3.63) is 76.6 Å². The quantitative estimate of drug-likeness (QED) is 0.513. The highest BCUT2D eigenvalue weighted by molar-refractivity contribution is 7.92. The first-order chi connectivity index (χ1) is 15.3. The molecule has 176 valence electrons. The standard InChI is InChI=1S/C25H31N3O4S/c1-17-10-12-22(13-11-17)33(30,31)27-21-9-7-8-20(14-21)16-28-19(3)23(18(2)26-28)15-24(29)32-25(4,5)6/h7-14,27H,15-16H2,1-6H3. The van der Waals surface area contributed by atoms with Crippen LogP contribution in [0.4, 0.5) is 5.69 Å². The Labute approximate surface area is 195 Å². The third kappa shape index (κ3) is 6.44. The molecule has 1 aromatic heterocycles. The van der Waals surface area contributed by atoms with E-state index in [-0.39, 0.29) is 17.3 Å². The summed E-state index contributed by atoms with van der Waals surface area (Å²) in [6.45, 7) is 11.7.